The van der Waals surface area contributed by atoms with Gasteiger partial charge in [0.15, 0.2) is 5.70 Å². The molecule has 1 aromatic rings. The van der Waals surface area contributed by atoms with E-state index in [1.807, 2.05) is 49.1 Å². The molecule has 0 fully saturated rings. The number of nitrogens with zero attached hydrogens (tertiary/aromatic N) is 1. The fraction of sp³-hybridized carbons (Fsp3) is 0.526. The molecule has 0 aromatic heterocycles. The van der Waals surface area contributed by atoms with Crippen LogP contribution in [0.25, 0.3) is 0 Å². The highest BCUT2D eigenvalue weighted by molar-refractivity contribution is 5.94. The van der Waals surface area contributed by atoms with Gasteiger partial charge in [0.05, 0.1) is 0 Å². The molecule has 1 atom stereocenters. The zero-order valence-electron chi connectivity index (χ0n) is 14.3. The van der Waals surface area contributed by atoms with E-state index in [-0.39, 0.29) is 11.5 Å². The fourth-order valence-corrected chi connectivity index (χ4v) is 3.02. The molecule has 4 heteroatoms. The van der Waals surface area contributed by atoms with Gasteiger partial charge in [-0.1, -0.05) is 38.5 Å². The highest BCUT2D eigenvalue weighted by Gasteiger charge is 2.40. The second-order valence-corrected chi connectivity index (χ2v) is 6.40. The van der Waals surface area contributed by atoms with Gasteiger partial charge in [-0.3, -0.25) is 0 Å². The Bertz CT molecular complexity index is 567. The molecule has 1 N–H and O–H groups in total. The Hall–Kier alpha value is -1.97. The summed E-state index contributed by atoms with van der Waals surface area (Å²) in [4.78, 5) is 14.4. The molecule has 126 valence electrons. The smallest absolute Gasteiger partial charge is 0.359 e. The van der Waals surface area contributed by atoms with Crippen LogP contribution in [0.4, 0.5) is 5.69 Å². The third-order valence-electron chi connectivity index (χ3n) is 4.19. The maximum atomic E-state index is 12.6. The van der Waals surface area contributed by atoms with E-state index in [1.165, 1.54) is 0 Å². The molecule has 1 aromatic carbocycles. The molecular formula is C19H27NO3. The summed E-state index contributed by atoms with van der Waals surface area (Å²) in [6.45, 7) is 6.71. The topological polar surface area (TPSA) is 49.8 Å². The molecule has 0 spiro atoms. The van der Waals surface area contributed by atoms with Gasteiger partial charge in [-0.15, -0.1) is 0 Å². The van der Waals surface area contributed by atoms with Gasteiger partial charge in [0, 0.05) is 18.7 Å². The molecule has 2 rings (SSSR count). The lowest BCUT2D eigenvalue weighted by Crippen LogP contribution is -2.42. The van der Waals surface area contributed by atoms with Gasteiger partial charge >= 0.3 is 5.97 Å². The monoisotopic (exact) mass is 317 g/mol. The molecule has 0 saturated carbocycles. The zero-order valence-corrected chi connectivity index (χ0v) is 14.3. The molecule has 4 nitrogen and oxygen atoms in total. The predicted molar refractivity (Wildman–Crippen MR) is 92.4 cm³/mol. The highest BCUT2D eigenvalue weighted by atomic mass is 16.6. The van der Waals surface area contributed by atoms with E-state index in [0.29, 0.717) is 13.0 Å². The van der Waals surface area contributed by atoms with Crippen LogP contribution < -0.4 is 4.90 Å². The molecule has 0 bridgehead atoms. The Labute approximate surface area is 138 Å². The number of ether oxygens (including phenoxy) is 1. The SMILES string of the molecule is CCCCC1(C)CC(O)=C(N(CCC)c2ccccc2)C(=O)O1. The van der Waals surface area contributed by atoms with Gasteiger partial charge in [-0.25, -0.2) is 4.79 Å². The zero-order chi connectivity index (χ0) is 16.9. The summed E-state index contributed by atoms with van der Waals surface area (Å²) in [5.74, 6) is -0.290. The van der Waals surface area contributed by atoms with Crippen LogP contribution in [0.2, 0.25) is 0 Å². The molecule has 0 saturated heterocycles. The number of esters is 1. The average molecular weight is 317 g/mol. The molecule has 0 aliphatic carbocycles. The van der Waals surface area contributed by atoms with Crippen molar-refractivity contribution in [2.45, 2.75) is 58.5 Å². The van der Waals surface area contributed by atoms with Crippen LogP contribution in [0, 0.1) is 0 Å². The van der Waals surface area contributed by atoms with E-state index in [2.05, 4.69) is 6.92 Å². The maximum Gasteiger partial charge on any atom is 0.359 e. The number of unbranched alkanes of at least 4 members (excludes halogenated alkanes) is 1. The van der Waals surface area contributed by atoms with Crippen molar-refractivity contribution in [3.05, 3.63) is 41.8 Å². The number of aliphatic hydroxyl groups excluding tert-OH is 1. The summed E-state index contributed by atoms with van der Waals surface area (Å²) in [6.07, 6.45) is 4.03. The minimum Gasteiger partial charge on any atom is -0.510 e. The van der Waals surface area contributed by atoms with E-state index < -0.39 is 11.6 Å². The molecule has 23 heavy (non-hydrogen) atoms. The number of benzene rings is 1. The normalized spacial score (nSPS) is 21.3. The standard InChI is InChI=1S/C19H27NO3/c1-4-6-12-19(3)14-16(21)17(18(22)23-19)20(13-5-2)15-10-8-7-9-11-15/h7-11,21H,4-6,12-14H2,1-3H3. The van der Waals surface area contributed by atoms with Crippen molar-refractivity contribution in [1.29, 1.82) is 0 Å². The number of hydrogen-bond donors (Lipinski definition) is 1. The molecule has 1 aliphatic rings. The van der Waals surface area contributed by atoms with Crippen LogP contribution in [-0.2, 0) is 9.53 Å². The predicted octanol–water partition coefficient (Wildman–Crippen LogP) is 4.57. The first kappa shape index (κ1) is 17.4. The summed E-state index contributed by atoms with van der Waals surface area (Å²) in [6, 6.07) is 9.66. The second kappa shape index (κ2) is 7.53. The Morgan fingerprint density at radius 3 is 2.48 bits per heavy atom. The summed E-state index contributed by atoms with van der Waals surface area (Å²) >= 11 is 0. The van der Waals surface area contributed by atoms with Crippen LogP contribution in [0.3, 0.4) is 0 Å². The number of rotatable bonds is 7. The quantitative estimate of drug-likeness (QED) is 0.749. The van der Waals surface area contributed by atoms with E-state index >= 15 is 0 Å². The van der Waals surface area contributed by atoms with Crippen LogP contribution in [0.5, 0.6) is 0 Å². The summed E-state index contributed by atoms with van der Waals surface area (Å²) in [7, 11) is 0. The summed E-state index contributed by atoms with van der Waals surface area (Å²) < 4.78 is 5.71. The minimum atomic E-state index is -0.602. The van der Waals surface area contributed by atoms with Crippen LogP contribution >= 0.6 is 0 Å². The fourth-order valence-electron chi connectivity index (χ4n) is 3.02. The van der Waals surface area contributed by atoms with Crippen LogP contribution in [0.1, 0.15) is 52.9 Å². The molecule has 1 heterocycles. The number of hydrogen-bond acceptors (Lipinski definition) is 4. The Morgan fingerprint density at radius 2 is 1.91 bits per heavy atom. The lowest BCUT2D eigenvalue weighted by atomic mass is 9.91. The third-order valence-corrected chi connectivity index (χ3v) is 4.19. The van der Waals surface area contributed by atoms with Gasteiger partial charge in [0.1, 0.15) is 11.4 Å². The summed E-state index contributed by atoms with van der Waals surface area (Å²) in [5.41, 5.74) is 0.576. The molecule has 0 amide bonds. The largest absolute Gasteiger partial charge is 0.510 e. The van der Waals surface area contributed by atoms with Gasteiger partial charge in [-0.2, -0.15) is 0 Å². The van der Waals surface area contributed by atoms with E-state index in [4.69, 9.17) is 4.74 Å². The number of aliphatic hydroxyl groups is 1. The van der Waals surface area contributed by atoms with Crippen molar-refractivity contribution >= 4 is 11.7 Å². The Balaban J connectivity index is 2.32. The van der Waals surface area contributed by atoms with Crippen molar-refractivity contribution in [3.8, 4) is 0 Å². The van der Waals surface area contributed by atoms with Gasteiger partial charge in [-0.05, 0) is 38.3 Å². The van der Waals surface area contributed by atoms with Gasteiger partial charge < -0.3 is 14.7 Å². The number of para-hydroxylation sites is 1. The second-order valence-electron chi connectivity index (χ2n) is 6.40. The van der Waals surface area contributed by atoms with Crippen LogP contribution in [-0.4, -0.2) is 23.2 Å². The minimum absolute atomic E-state index is 0.136. The summed E-state index contributed by atoms with van der Waals surface area (Å²) in [5, 5.41) is 10.6. The van der Waals surface area contributed by atoms with Crippen molar-refractivity contribution in [3.63, 3.8) is 0 Å². The third kappa shape index (κ3) is 4.06. The van der Waals surface area contributed by atoms with Crippen molar-refractivity contribution < 1.29 is 14.6 Å². The first-order chi connectivity index (χ1) is 11.0. The van der Waals surface area contributed by atoms with Crippen molar-refractivity contribution in [2.24, 2.45) is 0 Å². The molecule has 0 radical (unpaired) electrons. The Morgan fingerprint density at radius 1 is 1.22 bits per heavy atom. The lowest BCUT2D eigenvalue weighted by molar-refractivity contribution is -0.157. The molecule has 1 unspecified atom stereocenters. The van der Waals surface area contributed by atoms with Crippen molar-refractivity contribution in [2.75, 3.05) is 11.4 Å². The number of carbonyl (C=O) groups is 1. The van der Waals surface area contributed by atoms with Crippen molar-refractivity contribution in [1.82, 2.24) is 0 Å². The van der Waals surface area contributed by atoms with E-state index in [1.54, 1.807) is 0 Å². The van der Waals surface area contributed by atoms with Crippen LogP contribution in [0.15, 0.2) is 41.8 Å². The molecular weight excluding hydrogens is 290 g/mol. The first-order valence-electron chi connectivity index (χ1n) is 8.48. The van der Waals surface area contributed by atoms with E-state index in [0.717, 1.165) is 31.4 Å². The lowest BCUT2D eigenvalue weighted by Gasteiger charge is -2.37. The number of carbonyl (C=O) groups excluding carboxylic acids is 1. The van der Waals surface area contributed by atoms with E-state index in [9.17, 15) is 9.90 Å². The highest BCUT2D eigenvalue weighted by Crippen LogP contribution is 2.35. The Kier molecular flexibility index (Phi) is 5.69. The van der Waals surface area contributed by atoms with Gasteiger partial charge in [0.2, 0.25) is 0 Å². The number of anilines is 1. The van der Waals surface area contributed by atoms with Gasteiger partial charge in [0.25, 0.3) is 0 Å². The number of cyclic esters (lactones) is 1. The average Bonchev–Trinajstić information content (AvgIpc) is 2.52. The first-order valence-corrected chi connectivity index (χ1v) is 8.48. The molecule has 1 aliphatic heterocycles. The maximum absolute atomic E-state index is 12.6.